The van der Waals surface area contributed by atoms with Gasteiger partial charge in [-0.3, -0.25) is 15.1 Å². The van der Waals surface area contributed by atoms with Gasteiger partial charge in [-0.25, -0.2) is 0 Å². The molecule has 2 aliphatic rings. The molecule has 0 spiro atoms. The van der Waals surface area contributed by atoms with Crippen LogP contribution in [0.15, 0.2) is 30.3 Å². The Morgan fingerprint density at radius 1 is 1.09 bits per heavy atom. The lowest BCUT2D eigenvalue weighted by atomic mass is 9.79. The van der Waals surface area contributed by atoms with Crippen LogP contribution in [0.5, 0.6) is 0 Å². The molecule has 0 aliphatic heterocycles. The Kier molecular flexibility index (Phi) is 10.5. The van der Waals surface area contributed by atoms with Crippen molar-refractivity contribution in [3.8, 4) is 0 Å². The van der Waals surface area contributed by atoms with Crippen molar-refractivity contribution in [2.24, 2.45) is 11.8 Å². The zero-order valence-electron chi connectivity index (χ0n) is 20.0. The number of hydrogen-bond donors (Lipinski definition) is 3. The van der Waals surface area contributed by atoms with Crippen molar-refractivity contribution >= 4 is 12.4 Å². The summed E-state index contributed by atoms with van der Waals surface area (Å²) in [5.41, 5.74) is 1.40. The van der Waals surface area contributed by atoms with Crippen molar-refractivity contribution in [3.05, 3.63) is 35.9 Å². The predicted molar refractivity (Wildman–Crippen MR) is 133 cm³/mol. The fourth-order valence-electron chi connectivity index (χ4n) is 5.67. The van der Waals surface area contributed by atoms with Gasteiger partial charge in [0.1, 0.15) is 0 Å². The smallest absolute Gasteiger partial charge is 0.216 e. The number of rotatable bonds is 11. The first kappa shape index (κ1) is 24.8. The quantitative estimate of drug-likeness (QED) is 0.254. The van der Waals surface area contributed by atoms with Gasteiger partial charge in [0.05, 0.1) is 0 Å². The Hall–Kier alpha value is -1.88. The summed E-state index contributed by atoms with van der Waals surface area (Å²) in [7, 11) is 1.66. The van der Waals surface area contributed by atoms with Gasteiger partial charge in [0.2, 0.25) is 6.41 Å². The summed E-state index contributed by atoms with van der Waals surface area (Å²) in [4.78, 5) is 12.5. The van der Waals surface area contributed by atoms with E-state index in [2.05, 4.69) is 41.0 Å². The summed E-state index contributed by atoms with van der Waals surface area (Å²) in [6, 6.07) is 11.6. The summed E-state index contributed by atoms with van der Waals surface area (Å²) in [6.07, 6.45) is 17.3. The van der Waals surface area contributed by atoms with Crippen LogP contribution in [0.25, 0.3) is 0 Å². The summed E-state index contributed by atoms with van der Waals surface area (Å²) < 4.78 is 0. The van der Waals surface area contributed by atoms with E-state index in [0.29, 0.717) is 18.0 Å². The van der Waals surface area contributed by atoms with Gasteiger partial charge in [0, 0.05) is 19.1 Å². The lowest BCUT2D eigenvalue weighted by Gasteiger charge is -2.34. The molecule has 32 heavy (non-hydrogen) atoms. The average molecular weight is 441 g/mol. The summed E-state index contributed by atoms with van der Waals surface area (Å²) in [5.74, 6) is 1.78. The van der Waals surface area contributed by atoms with Crippen LogP contribution in [0.1, 0.15) is 82.6 Å². The van der Waals surface area contributed by atoms with Gasteiger partial charge in [0.15, 0.2) is 5.96 Å². The number of amides is 1. The highest BCUT2D eigenvalue weighted by Gasteiger charge is 2.26. The third-order valence-corrected chi connectivity index (χ3v) is 7.59. The second-order valence-corrected chi connectivity index (χ2v) is 10.1. The molecule has 3 atom stereocenters. The minimum absolute atomic E-state index is 0.238. The van der Waals surface area contributed by atoms with Crippen LogP contribution in [0.3, 0.4) is 0 Å². The normalized spacial score (nSPS) is 22.8. The van der Waals surface area contributed by atoms with E-state index >= 15 is 0 Å². The molecule has 1 aromatic carbocycles. The third kappa shape index (κ3) is 8.57. The number of nitrogens with one attached hydrogen (secondary N) is 3. The van der Waals surface area contributed by atoms with Crippen LogP contribution in [0.2, 0.25) is 0 Å². The first-order chi connectivity index (χ1) is 15.6. The first-order valence-corrected chi connectivity index (χ1v) is 12.9. The van der Waals surface area contributed by atoms with E-state index in [9.17, 15) is 4.79 Å². The summed E-state index contributed by atoms with van der Waals surface area (Å²) in [5, 5.41) is 15.4. The largest absolute Gasteiger partial charge is 0.353 e. The number of nitrogens with zero attached hydrogens (tertiary/aromatic N) is 1. The van der Waals surface area contributed by atoms with Gasteiger partial charge in [-0.1, -0.05) is 75.3 Å². The van der Waals surface area contributed by atoms with E-state index in [1.165, 1.54) is 74.7 Å². The number of hydrogen-bond acceptors (Lipinski definition) is 3. The molecule has 178 valence electrons. The van der Waals surface area contributed by atoms with Crippen molar-refractivity contribution in [1.82, 2.24) is 15.5 Å². The number of guanidine groups is 1. The molecule has 5 nitrogen and oxygen atoms in total. The van der Waals surface area contributed by atoms with Crippen molar-refractivity contribution in [2.75, 3.05) is 13.6 Å². The van der Waals surface area contributed by atoms with E-state index in [1.54, 1.807) is 7.05 Å². The maximum atomic E-state index is 11.1. The van der Waals surface area contributed by atoms with Crippen LogP contribution in [-0.2, 0) is 11.2 Å². The second kappa shape index (κ2) is 13.6. The van der Waals surface area contributed by atoms with E-state index in [4.69, 9.17) is 5.41 Å². The molecule has 2 fully saturated rings. The molecule has 3 N–H and O–H groups in total. The zero-order chi connectivity index (χ0) is 22.6. The maximum Gasteiger partial charge on any atom is 0.216 e. The monoisotopic (exact) mass is 440 g/mol. The lowest BCUT2D eigenvalue weighted by molar-refractivity contribution is -0.114. The Balaban J connectivity index is 1.47. The van der Waals surface area contributed by atoms with Gasteiger partial charge in [-0.2, -0.15) is 0 Å². The molecule has 0 radical (unpaired) electrons. The molecule has 0 unspecified atom stereocenters. The topological polar surface area (TPSA) is 68.2 Å². The standard InChI is InChI=1S/C27H44N4O/c1-31(21-32)27(28)30-26(16-15-22-9-4-2-5-10-22)20-24-13-8-14-25(19-24)29-18-17-23-11-6-3-7-12-23/h3,6-7,11-12,21-22,24-26,29H,2,4-5,8-10,13-20H2,1H3,(H2,28,30)/t24-,25-,26+/m0/s1. The minimum atomic E-state index is 0.238. The zero-order valence-corrected chi connectivity index (χ0v) is 20.0. The maximum absolute atomic E-state index is 11.1. The van der Waals surface area contributed by atoms with E-state index in [-0.39, 0.29) is 5.96 Å². The third-order valence-electron chi connectivity index (χ3n) is 7.59. The Labute approximate surface area is 195 Å². The molecular weight excluding hydrogens is 396 g/mol. The average Bonchev–Trinajstić information content (AvgIpc) is 2.83. The van der Waals surface area contributed by atoms with E-state index in [0.717, 1.165) is 38.1 Å². The van der Waals surface area contributed by atoms with Crippen LogP contribution in [0, 0.1) is 17.2 Å². The molecule has 5 heteroatoms. The van der Waals surface area contributed by atoms with Gasteiger partial charge in [-0.15, -0.1) is 0 Å². The van der Waals surface area contributed by atoms with Crippen molar-refractivity contribution in [3.63, 3.8) is 0 Å². The van der Waals surface area contributed by atoms with Gasteiger partial charge < -0.3 is 10.6 Å². The van der Waals surface area contributed by atoms with Crippen LogP contribution < -0.4 is 10.6 Å². The predicted octanol–water partition coefficient (Wildman–Crippen LogP) is 5.11. The Morgan fingerprint density at radius 2 is 1.84 bits per heavy atom. The molecule has 0 bridgehead atoms. The van der Waals surface area contributed by atoms with Crippen LogP contribution in [0.4, 0.5) is 0 Å². The molecule has 3 rings (SSSR count). The number of carbonyl (C=O) groups excluding carboxylic acids is 1. The van der Waals surface area contributed by atoms with Crippen LogP contribution >= 0.6 is 0 Å². The number of carbonyl (C=O) groups is 1. The van der Waals surface area contributed by atoms with Crippen molar-refractivity contribution in [2.45, 2.75) is 95.6 Å². The molecule has 2 aliphatic carbocycles. The fourth-order valence-corrected chi connectivity index (χ4v) is 5.67. The first-order valence-electron chi connectivity index (χ1n) is 12.9. The summed E-state index contributed by atoms with van der Waals surface area (Å²) in [6.45, 7) is 1.04. The van der Waals surface area contributed by atoms with Gasteiger partial charge >= 0.3 is 0 Å². The van der Waals surface area contributed by atoms with Crippen molar-refractivity contribution < 1.29 is 4.79 Å². The van der Waals surface area contributed by atoms with Gasteiger partial charge in [0.25, 0.3) is 0 Å². The second-order valence-electron chi connectivity index (χ2n) is 10.1. The summed E-state index contributed by atoms with van der Waals surface area (Å²) >= 11 is 0. The Bertz CT molecular complexity index is 673. The molecule has 1 aromatic rings. The highest BCUT2D eigenvalue weighted by atomic mass is 16.1. The highest BCUT2D eigenvalue weighted by molar-refractivity contribution is 5.86. The SMILES string of the molecule is CN(C=O)C(=N)N[C@H](CCC1CCCCC1)C[C@H]1CCC[C@H](NCCc2ccccc2)C1. The molecular formula is C27H44N4O. The minimum Gasteiger partial charge on any atom is -0.353 e. The number of benzene rings is 1. The van der Waals surface area contributed by atoms with Crippen LogP contribution in [-0.4, -0.2) is 42.9 Å². The van der Waals surface area contributed by atoms with Gasteiger partial charge in [-0.05, 0) is 62.5 Å². The fraction of sp³-hybridized carbons (Fsp3) is 0.704. The van der Waals surface area contributed by atoms with E-state index in [1.807, 2.05) is 0 Å². The molecule has 0 saturated heterocycles. The molecule has 1 amide bonds. The molecule has 0 heterocycles. The molecule has 2 saturated carbocycles. The lowest BCUT2D eigenvalue weighted by Crippen LogP contribution is -2.45. The Morgan fingerprint density at radius 3 is 2.59 bits per heavy atom. The van der Waals surface area contributed by atoms with Crippen molar-refractivity contribution in [1.29, 1.82) is 5.41 Å². The molecule has 0 aromatic heterocycles. The van der Waals surface area contributed by atoms with E-state index < -0.39 is 0 Å². The highest BCUT2D eigenvalue weighted by Crippen LogP contribution is 2.31.